The number of carboxylic acids is 1. The molecule has 0 saturated heterocycles. The van der Waals surface area contributed by atoms with Crippen molar-refractivity contribution in [2.75, 3.05) is 18.6 Å². The summed E-state index contributed by atoms with van der Waals surface area (Å²) in [6.07, 6.45) is 4.17. The first-order chi connectivity index (χ1) is 9.36. The molecule has 0 fully saturated rings. The lowest BCUT2D eigenvalue weighted by Crippen LogP contribution is -2.26. The first-order valence-electron chi connectivity index (χ1n) is 5.56. The predicted octanol–water partition coefficient (Wildman–Crippen LogP) is 2.08. The van der Waals surface area contributed by atoms with E-state index < -0.39 is 16.0 Å². The quantitative estimate of drug-likeness (QED) is 0.588. The molecule has 0 radical (unpaired) electrons. The van der Waals surface area contributed by atoms with Crippen molar-refractivity contribution >= 4 is 45.4 Å². The Hall–Kier alpha value is -1.02. The predicted molar refractivity (Wildman–Crippen MR) is 81.7 cm³/mol. The molecule has 1 rings (SSSR count). The molecule has 1 aromatic rings. The fourth-order valence-corrected chi connectivity index (χ4v) is 3.38. The Balaban J connectivity index is 2.95. The third-order valence-corrected chi connectivity index (χ3v) is 4.82. The Morgan fingerprint density at radius 3 is 2.75 bits per heavy atom. The summed E-state index contributed by atoms with van der Waals surface area (Å²) in [6.45, 7) is 0.320. The number of halogens is 1. The largest absolute Gasteiger partial charge is 0.478 e. The standard InChI is InChI=1S/C12H14ClNO4S2/c1-19-7-6-14-20(17,18)11-4-2-9(8-10(11)13)3-5-12(15)16/h2-5,8,14H,6-7H2,1H3,(H,15,16). The number of thioether (sulfide) groups is 1. The van der Waals surface area contributed by atoms with Gasteiger partial charge >= 0.3 is 5.97 Å². The SMILES string of the molecule is CSCCNS(=O)(=O)c1ccc(C=CC(=O)O)cc1Cl. The fourth-order valence-electron chi connectivity index (χ4n) is 1.36. The summed E-state index contributed by atoms with van der Waals surface area (Å²) in [6, 6.07) is 4.25. The van der Waals surface area contributed by atoms with Gasteiger partial charge in [0.05, 0.1) is 5.02 Å². The van der Waals surface area contributed by atoms with E-state index in [4.69, 9.17) is 16.7 Å². The summed E-state index contributed by atoms with van der Waals surface area (Å²) in [5, 5.41) is 8.57. The van der Waals surface area contributed by atoms with Crippen molar-refractivity contribution in [3.05, 3.63) is 34.9 Å². The molecule has 20 heavy (non-hydrogen) atoms. The normalized spacial score (nSPS) is 11.9. The van der Waals surface area contributed by atoms with Gasteiger partial charge in [-0.05, 0) is 30.0 Å². The van der Waals surface area contributed by atoms with Gasteiger partial charge in [0.15, 0.2) is 0 Å². The average Bonchev–Trinajstić information content (AvgIpc) is 2.36. The maximum Gasteiger partial charge on any atom is 0.328 e. The minimum Gasteiger partial charge on any atom is -0.478 e. The van der Waals surface area contributed by atoms with Crippen molar-refractivity contribution in [2.45, 2.75) is 4.90 Å². The third-order valence-electron chi connectivity index (χ3n) is 2.26. The molecular formula is C12H14ClNO4S2. The molecule has 110 valence electrons. The molecule has 0 saturated carbocycles. The number of sulfonamides is 1. The molecule has 0 aliphatic heterocycles. The second-order valence-electron chi connectivity index (χ2n) is 3.75. The van der Waals surface area contributed by atoms with Crippen LogP contribution < -0.4 is 4.72 Å². The van der Waals surface area contributed by atoms with E-state index in [2.05, 4.69) is 4.72 Å². The lowest BCUT2D eigenvalue weighted by atomic mass is 10.2. The van der Waals surface area contributed by atoms with Crippen LogP contribution in [0.15, 0.2) is 29.2 Å². The monoisotopic (exact) mass is 335 g/mol. The molecule has 0 atom stereocenters. The van der Waals surface area contributed by atoms with Crippen molar-refractivity contribution in [3.8, 4) is 0 Å². The fraction of sp³-hybridized carbons (Fsp3) is 0.250. The molecule has 0 amide bonds. The summed E-state index contributed by atoms with van der Waals surface area (Å²) >= 11 is 7.47. The molecule has 2 N–H and O–H groups in total. The van der Waals surface area contributed by atoms with E-state index in [0.29, 0.717) is 17.9 Å². The van der Waals surface area contributed by atoms with E-state index >= 15 is 0 Å². The highest BCUT2D eigenvalue weighted by molar-refractivity contribution is 7.98. The average molecular weight is 336 g/mol. The van der Waals surface area contributed by atoms with E-state index in [-0.39, 0.29) is 9.92 Å². The van der Waals surface area contributed by atoms with Gasteiger partial charge in [-0.15, -0.1) is 0 Å². The van der Waals surface area contributed by atoms with E-state index in [0.717, 1.165) is 6.08 Å². The Kier molecular flexibility index (Phi) is 6.54. The molecule has 0 spiro atoms. The Morgan fingerprint density at radius 1 is 1.50 bits per heavy atom. The molecule has 0 aromatic heterocycles. The first kappa shape index (κ1) is 17.0. The highest BCUT2D eigenvalue weighted by Crippen LogP contribution is 2.23. The molecule has 8 heteroatoms. The van der Waals surface area contributed by atoms with E-state index in [1.807, 2.05) is 6.26 Å². The minimum absolute atomic E-state index is 0.0206. The Labute approximate surface area is 127 Å². The maximum atomic E-state index is 12.0. The van der Waals surface area contributed by atoms with Gasteiger partial charge in [-0.2, -0.15) is 11.8 Å². The summed E-state index contributed by atoms with van der Waals surface area (Å²) < 4.78 is 26.4. The molecule has 1 aromatic carbocycles. The first-order valence-corrected chi connectivity index (χ1v) is 8.81. The van der Waals surface area contributed by atoms with Gasteiger partial charge in [0.2, 0.25) is 10.0 Å². The van der Waals surface area contributed by atoms with Crippen LogP contribution in [-0.4, -0.2) is 38.0 Å². The van der Waals surface area contributed by atoms with Crippen molar-refractivity contribution in [1.29, 1.82) is 0 Å². The second kappa shape index (κ2) is 7.68. The Bertz CT molecular complexity index is 614. The summed E-state index contributed by atoms with van der Waals surface area (Å²) in [5.74, 6) is -0.424. The second-order valence-corrected chi connectivity index (χ2v) is 6.88. The lowest BCUT2D eigenvalue weighted by Gasteiger charge is -2.08. The Morgan fingerprint density at radius 2 is 2.20 bits per heavy atom. The van der Waals surface area contributed by atoms with Crippen LogP contribution in [0.25, 0.3) is 6.08 Å². The van der Waals surface area contributed by atoms with Crippen molar-refractivity contribution in [1.82, 2.24) is 4.72 Å². The van der Waals surface area contributed by atoms with Gasteiger partial charge < -0.3 is 5.11 Å². The van der Waals surface area contributed by atoms with Crippen LogP contribution in [0, 0.1) is 0 Å². The molecule has 0 heterocycles. The van der Waals surface area contributed by atoms with Crippen LogP contribution in [0.4, 0.5) is 0 Å². The van der Waals surface area contributed by atoms with E-state index in [1.54, 1.807) is 0 Å². The number of carbonyl (C=O) groups is 1. The van der Waals surface area contributed by atoms with E-state index in [1.165, 1.54) is 36.0 Å². The number of carboxylic acid groups (broad SMARTS) is 1. The molecule has 0 aliphatic carbocycles. The number of hydrogen-bond donors (Lipinski definition) is 2. The van der Waals surface area contributed by atoms with Crippen LogP contribution in [-0.2, 0) is 14.8 Å². The van der Waals surface area contributed by atoms with Crippen LogP contribution in [0.3, 0.4) is 0 Å². The van der Waals surface area contributed by atoms with Crippen molar-refractivity contribution < 1.29 is 18.3 Å². The number of benzene rings is 1. The van der Waals surface area contributed by atoms with Crippen LogP contribution in [0.2, 0.25) is 5.02 Å². The van der Waals surface area contributed by atoms with Crippen LogP contribution >= 0.6 is 23.4 Å². The number of rotatable bonds is 7. The zero-order valence-electron chi connectivity index (χ0n) is 10.7. The summed E-state index contributed by atoms with van der Waals surface area (Å²) in [7, 11) is -3.65. The maximum absolute atomic E-state index is 12.0. The van der Waals surface area contributed by atoms with E-state index in [9.17, 15) is 13.2 Å². The zero-order chi connectivity index (χ0) is 15.2. The highest BCUT2D eigenvalue weighted by atomic mass is 35.5. The summed E-state index contributed by atoms with van der Waals surface area (Å²) in [5.41, 5.74) is 0.514. The van der Waals surface area contributed by atoms with Gasteiger partial charge in [-0.25, -0.2) is 17.9 Å². The third kappa shape index (κ3) is 5.16. The summed E-state index contributed by atoms with van der Waals surface area (Å²) in [4.78, 5) is 10.4. The molecule has 0 unspecified atom stereocenters. The highest BCUT2D eigenvalue weighted by Gasteiger charge is 2.17. The molecule has 5 nitrogen and oxygen atoms in total. The number of nitrogens with one attached hydrogen (secondary N) is 1. The topological polar surface area (TPSA) is 83.5 Å². The number of hydrogen-bond acceptors (Lipinski definition) is 4. The smallest absolute Gasteiger partial charge is 0.328 e. The number of aliphatic carboxylic acids is 1. The lowest BCUT2D eigenvalue weighted by molar-refractivity contribution is -0.131. The van der Waals surface area contributed by atoms with Crippen LogP contribution in [0.1, 0.15) is 5.56 Å². The van der Waals surface area contributed by atoms with Gasteiger partial charge in [-0.1, -0.05) is 17.7 Å². The van der Waals surface area contributed by atoms with Crippen molar-refractivity contribution in [2.24, 2.45) is 0 Å². The van der Waals surface area contributed by atoms with Crippen molar-refractivity contribution in [3.63, 3.8) is 0 Å². The molecule has 0 aliphatic rings. The van der Waals surface area contributed by atoms with Crippen LogP contribution in [0.5, 0.6) is 0 Å². The molecule has 0 bridgehead atoms. The van der Waals surface area contributed by atoms with Gasteiger partial charge in [0.25, 0.3) is 0 Å². The van der Waals surface area contributed by atoms with Gasteiger partial charge in [0.1, 0.15) is 4.90 Å². The molecular weight excluding hydrogens is 322 g/mol. The minimum atomic E-state index is -3.65. The van der Waals surface area contributed by atoms with Gasteiger partial charge in [0, 0.05) is 18.4 Å². The zero-order valence-corrected chi connectivity index (χ0v) is 13.1. The van der Waals surface area contributed by atoms with Gasteiger partial charge in [-0.3, -0.25) is 0 Å².